The fourth-order valence-corrected chi connectivity index (χ4v) is 1.78. The topological polar surface area (TPSA) is 27.3 Å². The minimum absolute atomic E-state index is 0.684. The van der Waals surface area contributed by atoms with Crippen LogP contribution in [0.15, 0.2) is 30.3 Å². The Balaban J connectivity index is 2.22. The van der Waals surface area contributed by atoms with Crippen molar-refractivity contribution in [1.82, 2.24) is 10.2 Å². The Hall–Kier alpha value is -1.13. The van der Waals surface area contributed by atoms with Crippen LogP contribution in [0.3, 0.4) is 0 Å². The van der Waals surface area contributed by atoms with E-state index in [0.29, 0.717) is 5.11 Å². The molecule has 0 aromatic heterocycles. The van der Waals surface area contributed by atoms with Crippen LogP contribution in [0.4, 0.5) is 5.69 Å². The summed E-state index contributed by atoms with van der Waals surface area (Å²) in [5.74, 6) is 0. The van der Waals surface area contributed by atoms with Crippen LogP contribution >= 0.6 is 12.2 Å². The van der Waals surface area contributed by atoms with E-state index in [-0.39, 0.29) is 0 Å². The summed E-state index contributed by atoms with van der Waals surface area (Å²) in [6, 6.07) is 9.96. The van der Waals surface area contributed by atoms with Gasteiger partial charge in [0.1, 0.15) is 0 Å². The summed E-state index contributed by atoms with van der Waals surface area (Å²) in [6.07, 6.45) is 0. The minimum atomic E-state index is 0.684. The van der Waals surface area contributed by atoms with Gasteiger partial charge in [0, 0.05) is 18.8 Å². The van der Waals surface area contributed by atoms with Gasteiger partial charge in [-0.2, -0.15) is 0 Å². The van der Waals surface area contributed by atoms with Gasteiger partial charge < -0.3 is 15.5 Å². The van der Waals surface area contributed by atoms with E-state index >= 15 is 0 Å². The number of benzene rings is 1. The van der Waals surface area contributed by atoms with Crippen LogP contribution in [0, 0.1) is 0 Å². The fourth-order valence-electron chi connectivity index (χ4n) is 1.56. The quantitative estimate of drug-likeness (QED) is 0.759. The highest BCUT2D eigenvalue weighted by Gasteiger charge is 1.99. The molecule has 1 rings (SSSR count). The van der Waals surface area contributed by atoms with Crippen LogP contribution in [0.1, 0.15) is 13.8 Å². The summed E-state index contributed by atoms with van der Waals surface area (Å²) in [4.78, 5) is 2.36. The Bertz CT molecular complexity index is 323. The molecule has 0 radical (unpaired) electrons. The molecule has 0 aliphatic rings. The van der Waals surface area contributed by atoms with Gasteiger partial charge in [0.2, 0.25) is 0 Å². The fraction of sp³-hybridized carbons (Fsp3) is 0.462. The first-order valence-corrected chi connectivity index (χ1v) is 6.49. The maximum Gasteiger partial charge on any atom is 0.170 e. The Morgan fingerprint density at radius 3 is 2.41 bits per heavy atom. The number of thiocarbonyl (C=S) groups is 1. The van der Waals surface area contributed by atoms with Crippen molar-refractivity contribution in [2.24, 2.45) is 0 Å². The van der Waals surface area contributed by atoms with E-state index in [1.54, 1.807) is 0 Å². The summed E-state index contributed by atoms with van der Waals surface area (Å²) in [5, 5.41) is 7.05. The van der Waals surface area contributed by atoms with Crippen LogP contribution in [0.25, 0.3) is 0 Å². The number of anilines is 1. The molecule has 1 aromatic carbocycles. The smallest absolute Gasteiger partial charge is 0.170 e. The molecule has 3 nitrogen and oxygen atoms in total. The van der Waals surface area contributed by atoms with Gasteiger partial charge in [-0.15, -0.1) is 0 Å². The third kappa shape index (κ3) is 5.65. The first-order chi connectivity index (χ1) is 8.26. The summed E-state index contributed by atoms with van der Waals surface area (Å²) >= 11 is 5.22. The molecule has 4 heteroatoms. The standard InChI is InChI=1S/C13H21N3S/c1-3-16(4-2)11-10-14-13(17)15-12-8-6-5-7-9-12/h5-9H,3-4,10-11H2,1-2H3,(H2,14,15,17). The lowest BCUT2D eigenvalue weighted by molar-refractivity contribution is 0.308. The molecule has 0 heterocycles. The highest BCUT2D eigenvalue weighted by Crippen LogP contribution is 2.04. The summed E-state index contributed by atoms with van der Waals surface area (Å²) in [7, 11) is 0. The third-order valence-electron chi connectivity index (χ3n) is 2.64. The maximum atomic E-state index is 5.22. The van der Waals surface area contributed by atoms with Gasteiger partial charge in [-0.3, -0.25) is 0 Å². The van der Waals surface area contributed by atoms with Gasteiger partial charge in [0.15, 0.2) is 5.11 Å². The molecule has 0 unspecified atom stereocenters. The average molecular weight is 251 g/mol. The minimum Gasteiger partial charge on any atom is -0.361 e. The van der Waals surface area contributed by atoms with E-state index in [0.717, 1.165) is 31.9 Å². The molecule has 0 saturated carbocycles. The number of likely N-dealkylation sites (N-methyl/N-ethyl adjacent to an activating group) is 1. The second-order valence-electron chi connectivity index (χ2n) is 3.77. The number of para-hydroxylation sites is 1. The zero-order chi connectivity index (χ0) is 12.5. The van der Waals surface area contributed by atoms with E-state index in [4.69, 9.17) is 12.2 Å². The van der Waals surface area contributed by atoms with Crippen LogP contribution in [0.5, 0.6) is 0 Å². The highest BCUT2D eigenvalue weighted by atomic mass is 32.1. The van der Waals surface area contributed by atoms with Crippen LogP contribution in [-0.4, -0.2) is 36.2 Å². The molecule has 0 aliphatic carbocycles. The SMILES string of the molecule is CCN(CC)CCNC(=S)Nc1ccccc1. The van der Waals surface area contributed by atoms with Gasteiger partial charge in [0.05, 0.1) is 0 Å². The average Bonchev–Trinajstić information content (AvgIpc) is 2.36. The molecule has 0 saturated heterocycles. The number of nitrogens with one attached hydrogen (secondary N) is 2. The highest BCUT2D eigenvalue weighted by molar-refractivity contribution is 7.80. The van der Waals surface area contributed by atoms with E-state index in [1.165, 1.54) is 0 Å². The molecule has 0 amide bonds. The molecule has 0 aliphatic heterocycles. The maximum absolute atomic E-state index is 5.22. The molecular weight excluding hydrogens is 230 g/mol. The summed E-state index contributed by atoms with van der Waals surface area (Å²) in [6.45, 7) is 8.39. The Kier molecular flexibility index (Phi) is 6.58. The molecular formula is C13H21N3S. The molecule has 0 spiro atoms. The van der Waals surface area contributed by atoms with Gasteiger partial charge in [0.25, 0.3) is 0 Å². The van der Waals surface area contributed by atoms with Gasteiger partial charge in [-0.25, -0.2) is 0 Å². The van der Waals surface area contributed by atoms with Crippen LogP contribution in [0.2, 0.25) is 0 Å². The zero-order valence-electron chi connectivity index (χ0n) is 10.6. The van der Waals surface area contributed by atoms with Crippen molar-refractivity contribution in [2.75, 3.05) is 31.5 Å². The van der Waals surface area contributed by atoms with Crippen molar-refractivity contribution in [3.05, 3.63) is 30.3 Å². The summed E-state index contributed by atoms with van der Waals surface area (Å²) in [5.41, 5.74) is 1.02. The molecule has 0 atom stereocenters. The molecule has 2 N–H and O–H groups in total. The van der Waals surface area contributed by atoms with Crippen molar-refractivity contribution >= 4 is 23.0 Å². The molecule has 0 bridgehead atoms. The van der Waals surface area contributed by atoms with E-state index in [9.17, 15) is 0 Å². The lowest BCUT2D eigenvalue weighted by Gasteiger charge is -2.18. The van der Waals surface area contributed by atoms with Crippen LogP contribution in [-0.2, 0) is 0 Å². The summed E-state index contributed by atoms with van der Waals surface area (Å²) < 4.78 is 0. The lowest BCUT2D eigenvalue weighted by atomic mass is 10.3. The first-order valence-electron chi connectivity index (χ1n) is 6.08. The van der Waals surface area contributed by atoms with Crippen molar-refractivity contribution < 1.29 is 0 Å². The van der Waals surface area contributed by atoms with Gasteiger partial charge in [-0.1, -0.05) is 32.0 Å². The predicted molar refractivity (Wildman–Crippen MR) is 78.5 cm³/mol. The Labute approximate surface area is 109 Å². The Morgan fingerprint density at radius 2 is 1.82 bits per heavy atom. The molecule has 94 valence electrons. The van der Waals surface area contributed by atoms with Crippen molar-refractivity contribution in [1.29, 1.82) is 0 Å². The molecule has 1 aromatic rings. The van der Waals surface area contributed by atoms with E-state index in [1.807, 2.05) is 30.3 Å². The predicted octanol–water partition coefficient (Wildman–Crippen LogP) is 2.31. The van der Waals surface area contributed by atoms with Crippen LogP contribution < -0.4 is 10.6 Å². The third-order valence-corrected chi connectivity index (χ3v) is 2.89. The van der Waals surface area contributed by atoms with Gasteiger partial charge >= 0.3 is 0 Å². The second kappa shape index (κ2) is 8.03. The largest absolute Gasteiger partial charge is 0.361 e. The first kappa shape index (κ1) is 13.9. The Morgan fingerprint density at radius 1 is 1.18 bits per heavy atom. The number of nitrogens with zero attached hydrogens (tertiary/aromatic N) is 1. The molecule has 0 fully saturated rings. The van der Waals surface area contributed by atoms with Crippen molar-refractivity contribution in [3.8, 4) is 0 Å². The monoisotopic (exact) mass is 251 g/mol. The lowest BCUT2D eigenvalue weighted by Crippen LogP contribution is -2.36. The van der Waals surface area contributed by atoms with Crippen molar-refractivity contribution in [2.45, 2.75) is 13.8 Å². The normalized spacial score (nSPS) is 10.3. The zero-order valence-corrected chi connectivity index (χ0v) is 11.4. The van der Waals surface area contributed by atoms with E-state index in [2.05, 4.69) is 29.4 Å². The number of rotatable bonds is 6. The number of hydrogen-bond acceptors (Lipinski definition) is 2. The van der Waals surface area contributed by atoms with Gasteiger partial charge in [-0.05, 0) is 37.4 Å². The second-order valence-corrected chi connectivity index (χ2v) is 4.18. The molecule has 17 heavy (non-hydrogen) atoms. The van der Waals surface area contributed by atoms with E-state index < -0.39 is 0 Å². The van der Waals surface area contributed by atoms with Crippen molar-refractivity contribution in [3.63, 3.8) is 0 Å². The number of hydrogen-bond donors (Lipinski definition) is 2.